The third-order valence-electron chi connectivity index (χ3n) is 5.57. The van der Waals surface area contributed by atoms with Crippen molar-refractivity contribution in [1.82, 2.24) is 0 Å². The minimum Gasteiger partial charge on any atom is -0.507 e. The van der Waals surface area contributed by atoms with E-state index in [4.69, 9.17) is 4.74 Å². The Kier molecular flexibility index (Phi) is 5.13. The van der Waals surface area contributed by atoms with Gasteiger partial charge in [-0.1, -0.05) is 54.1 Å². The number of aromatic hydroxyl groups is 1. The van der Waals surface area contributed by atoms with Gasteiger partial charge >= 0.3 is 0 Å². The average molecular weight is 397 g/mol. The van der Waals surface area contributed by atoms with Gasteiger partial charge in [-0.25, -0.2) is 8.42 Å². The van der Waals surface area contributed by atoms with Crippen molar-refractivity contribution in [3.05, 3.63) is 76.9 Å². The molecule has 4 nitrogen and oxygen atoms in total. The number of fused-ring (bicyclic) bond motifs is 1. The van der Waals surface area contributed by atoms with E-state index in [1.165, 1.54) is 0 Å². The first kappa shape index (κ1) is 19.0. The lowest BCUT2D eigenvalue weighted by molar-refractivity contribution is 0.118. The summed E-state index contributed by atoms with van der Waals surface area (Å²) in [5.74, 6) is 0.403. The standard InChI is InChI=1S/C23H24O4S/c1-16-15-28(25,26)22-14-27-21(23(16)22)12-11-18(17-7-3-2-4-8-17)13-19-9-5-6-10-20(19)24/h2-10,13,21-22,24H,11-12,14-15H2,1H3/b18-13-/t21-,22+/m1/s1. The lowest BCUT2D eigenvalue weighted by atomic mass is 9.93. The van der Waals surface area contributed by atoms with Crippen LogP contribution in [0.2, 0.25) is 0 Å². The van der Waals surface area contributed by atoms with Crippen LogP contribution in [-0.2, 0) is 14.6 Å². The molecule has 0 spiro atoms. The van der Waals surface area contributed by atoms with Gasteiger partial charge in [0.1, 0.15) is 11.0 Å². The molecule has 2 aliphatic rings. The maximum Gasteiger partial charge on any atom is 0.163 e. The van der Waals surface area contributed by atoms with Gasteiger partial charge in [0, 0.05) is 5.56 Å². The summed E-state index contributed by atoms with van der Waals surface area (Å²) in [6, 6.07) is 17.3. The van der Waals surface area contributed by atoms with E-state index < -0.39 is 15.1 Å². The molecule has 2 atom stereocenters. The number of rotatable bonds is 5. The second kappa shape index (κ2) is 7.57. The summed E-state index contributed by atoms with van der Waals surface area (Å²) in [5.41, 5.74) is 4.86. The SMILES string of the molecule is CC1=C2[C@@H](CC/C(=C/c3ccccc3O)c3ccccc3)OC[C@@H]2S(=O)(=O)C1. The number of sulfone groups is 1. The molecule has 2 heterocycles. The Morgan fingerprint density at radius 1 is 1.14 bits per heavy atom. The van der Waals surface area contributed by atoms with Gasteiger partial charge in [0.2, 0.25) is 0 Å². The summed E-state index contributed by atoms with van der Waals surface area (Å²) in [7, 11) is -3.10. The second-order valence-electron chi connectivity index (χ2n) is 7.49. The highest BCUT2D eigenvalue weighted by Crippen LogP contribution is 2.39. The van der Waals surface area contributed by atoms with Gasteiger partial charge in [0.05, 0.1) is 18.5 Å². The van der Waals surface area contributed by atoms with Crippen molar-refractivity contribution in [2.75, 3.05) is 12.4 Å². The molecule has 1 fully saturated rings. The molecule has 0 amide bonds. The van der Waals surface area contributed by atoms with Crippen LogP contribution >= 0.6 is 0 Å². The molecule has 0 saturated carbocycles. The molecule has 28 heavy (non-hydrogen) atoms. The predicted octanol–water partition coefficient (Wildman–Crippen LogP) is 4.23. The molecule has 0 unspecified atom stereocenters. The van der Waals surface area contributed by atoms with Gasteiger partial charge in [-0.05, 0) is 48.6 Å². The van der Waals surface area contributed by atoms with Crippen molar-refractivity contribution in [2.24, 2.45) is 0 Å². The zero-order valence-electron chi connectivity index (χ0n) is 15.8. The maximum absolute atomic E-state index is 12.3. The molecule has 0 aromatic heterocycles. The van der Waals surface area contributed by atoms with Crippen LogP contribution < -0.4 is 0 Å². The Labute approximate surface area is 166 Å². The van der Waals surface area contributed by atoms with Crippen LogP contribution in [0, 0.1) is 0 Å². The van der Waals surface area contributed by atoms with Gasteiger partial charge < -0.3 is 9.84 Å². The van der Waals surface area contributed by atoms with Crippen molar-refractivity contribution >= 4 is 21.5 Å². The van der Waals surface area contributed by atoms with Crippen LogP contribution in [0.25, 0.3) is 11.6 Å². The topological polar surface area (TPSA) is 63.6 Å². The molecule has 5 heteroatoms. The highest BCUT2D eigenvalue weighted by molar-refractivity contribution is 7.92. The first-order valence-electron chi connectivity index (χ1n) is 9.52. The number of hydrogen-bond donors (Lipinski definition) is 1. The zero-order valence-corrected chi connectivity index (χ0v) is 16.7. The summed E-state index contributed by atoms with van der Waals surface area (Å²) in [5, 5.41) is 9.70. The highest BCUT2D eigenvalue weighted by Gasteiger charge is 2.45. The number of ether oxygens (including phenoxy) is 1. The van der Waals surface area contributed by atoms with Crippen molar-refractivity contribution < 1.29 is 18.3 Å². The first-order valence-corrected chi connectivity index (χ1v) is 11.2. The number of hydrogen-bond acceptors (Lipinski definition) is 4. The fraction of sp³-hybridized carbons (Fsp3) is 0.304. The third-order valence-corrected chi connectivity index (χ3v) is 7.67. The second-order valence-corrected chi connectivity index (χ2v) is 9.67. The number of benzene rings is 2. The number of allylic oxidation sites excluding steroid dienone is 1. The summed E-state index contributed by atoms with van der Waals surface area (Å²) in [4.78, 5) is 0. The molecule has 4 rings (SSSR count). The number of phenolic OH excluding ortho intramolecular Hbond substituents is 1. The monoisotopic (exact) mass is 396 g/mol. The average Bonchev–Trinajstić information content (AvgIpc) is 3.21. The Morgan fingerprint density at radius 3 is 2.61 bits per heavy atom. The predicted molar refractivity (Wildman–Crippen MR) is 112 cm³/mol. The summed E-state index contributed by atoms with van der Waals surface area (Å²) in [6.45, 7) is 2.17. The van der Waals surface area contributed by atoms with Crippen molar-refractivity contribution in [1.29, 1.82) is 0 Å². The van der Waals surface area contributed by atoms with Crippen molar-refractivity contribution in [3.8, 4) is 5.75 Å². The maximum atomic E-state index is 12.3. The largest absolute Gasteiger partial charge is 0.507 e. The van der Waals surface area contributed by atoms with Gasteiger partial charge in [0.15, 0.2) is 9.84 Å². The number of phenols is 1. The third kappa shape index (κ3) is 3.64. The zero-order chi connectivity index (χ0) is 19.7. The molecule has 0 bridgehead atoms. The molecular formula is C23H24O4S. The molecule has 2 aromatic rings. The molecule has 0 aliphatic carbocycles. The van der Waals surface area contributed by atoms with Gasteiger partial charge in [-0.3, -0.25) is 0 Å². The molecule has 0 radical (unpaired) electrons. The van der Waals surface area contributed by atoms with Crippen LogP contribution in [0.5, 0.6) is 5.75 Å². The molecule has 2 aliphatic heterocycles. The Hall–Kier alpha value is -2.37. The Bertz CT molecular complexity index is 1040. The van der Waals surface area contributed by atoms with Crippen LogP contribution in [0.15, 0.2) is 65.7 Å². The molecule has 1 N–H and O–H groups in total. The van der Waals surface area contributed by atoms with Gasteiger partial charge in [0.25, 0.3) is 0 Å². The lowest BCUT2D eigenvalue weighted by Gasteiger charge is -2.15. The van der Waals surface area contributed by atoms with E-state index in [2.05, 4.69) is 12.1 Å². The lowest BCUT2D eigenvalue weighted by Crippen LogP contribution is -2.19. The van der Waals surface area contributed by atoms with E-state index in [9.17, 15) is 13.5 Å². The van der Waals surface area contributed by atoms with Crippen LogP contribution in [-0.4, -0.2) is 37.2 Å². The van der Waals surface area contributed by atoms with E-state index >= 15 is 0 Å². The van der Waals surface area contributed by atoms with Crippen LogP contribution in [0.3, 0.4) is 0 Å². The van der Waals surface area contributed by atoms with Crippen molar-refractivity contribution in [3.63, 3.8) is 0 Å². The van der Waals surface area contributed by atoms with Crippen LogP contribution in [0.1, 0.15) is 30.9 Å². The van der Waals surface area contributed by atoms with E-state index in [1.54, 1.807) is 12.1 Å². The van der Waals surface area contributed by atoms with E-state index in [0.717, 1.165) is 34.3 Å². The molecular weight excluding hydrogens is 372 g/mol. The minimum atomic E-state index is -3.10. The molecule has 2 aromatic carbocycles. The molecule has 1 saturated heterocycles. The number of para-hydroxylation sites is 1. The fourth-order valence-electron chi connectivity index (χ4n) is 4.20. The van der Waals surface area contributed by atoms with E-state index in [0.29, 0.717) is 6.42 Å². The highest BCUT2D eigenvalue weighted by atomic mass is 32.2. The van der Waals surface area contributed by atoms with E-state index in [-0.39, 0.29) is 24.2 Å². The van der Waals surface area contributed by atoms with E-state index in [1.807, 2.05) is 43.3 Å². The molecule has 146 valence electrons. The Morgan fingerprint density at radius 2 is 1.86 bits per heavy atom. The van der Waals surface area contributed by atoms with Gasteiger partial charge in [-0.2, -0.15) is 0 Å². The summed E-state index contributed by atoms with van der Waals surface area (Å²) >= 11 is 0. The minimum absolute atomic E-state index is 0.154. The fourth-order valence-corrected chi connectivity index (χ4v) is 6.19. The smallest absolute Gasteiger partial charge is 0.163 e. The Balaban J connectivity index is 1.60. The van der Waals surface area contributed by atoms with Gasteiger partial charge in [-0.15, -0.1) is 0 Å². The summed E-state index contributed by atoms with van der Waals surface area (Å²) in [6.07, 6.45) is 3.29. The normalized spacial score (nSPS) is 23.8. The van der Waals surface area contributed by atoms with Crippen molar-refractivity contribution in [2.45, 2.75) is 31.1 Å². The quantitative estimate of drug-likeness (QED) is 0.607. The summed E-state index contributed by atoms with van der Waals surface area (Å²) < 4.78 is 30.4. The van der Waals surface area contributed by atoms with Crippen LogP contribution in [0.4, 0.5) is 0 Å². The first-order chi connectivity index (χ1) is 13.5.